The summed E-state index contributed by atoms with van der Waals surface area (Å²) in [6, 6.07) is 3.64. The van der Waals surface area contributed by atoms with Crippen LogP contribution in [0.4, 0.5) is 5.82 Å². The van der Waals surface area contributed by atoms with Gasteiger partial charge in [0.2, 0.25) is 5.91 Å². The van der Waals surface area contributed by atoms with E-state index in [0.29, 0.717) is 31.0 Å². The maximum Gasteiger partial charge on any atom is 0.222 e. The summed E-state index contributed by atoms with van der Waals surface area (Å²) in [5, 5.41) is 0. The highest BCUT2D eigenvalue weighted by molar-refractivity contribution is 5.75. The lowest BCUT2D eigenvalue weighted by Gasteiger charge is -2.11. The number of anilines is 1. The summed E-state index contributed by atoms with van der Waals surface area (Å²) in [5.74, 6) is 1.07. The second-order valence-corrected chi connectivity index (χ2v) is 4.08. The summed E-state index contributed by atoms with van der Waals surface area (Å²) in [6.07, 6.45) is 1.15. The van der Waals surface area contributed by atoms with Crippen LogP contribution in [-0.4, -0.2) is 36.5 Å². The molecular formula is C12H19N3O2. The van der Waals surface area contributed by atoms with Crippen LogP contribution in [0.25, 0.3) is 0 Å². The third-order valence-corrected chi connectivity index (χ3v) is 2.32. The van der Waals surface area contributed by atoms with Crippen LogP contribution in [0, 0.1) is 6.92 Å². The standard InChI is InChI=1S/C12H19N3O2/c1-9-6-7-10(12(13)14-9)17-8-4-5-11(16)15(2)3/h6-7H,4-5,8H2,1-3H3,(H2,13,14). The molecule has 0 bridgehead atoms. The van der Waals surface area contributed by atoms with Gasteiger partial charge in [0.05, 0.1) is 6.61 Å². The molecule has 0 radical (unpaired) electrons. The Morgan fingerprint density at radius 3 is 2.76 bits per heavy atom. The van der Waals surface area contributed by atoms with Gasteiger partial charge in [0.25, 0.3) is 0 Å². The molecule has 5 heteroatoms. The minimum atomic E-state index is 0.101. The fraction of sp³-hybridized carbons (Fsp3) is 0.500. The highest BCUT2D eigenvalue weighted by atomic mass is 16.5. The van der Waals surface area contributed by atoms with Gasteiger partial charge in [-0.1, -0.05) is 0 Å². The van der Waals surface area contributed by atoms with Gasteiger partial charge in [-0.05, 0) is 25.5 Å². The number of aromatic nitrogens is 1. The van der Waals surface area contributed by atoms with Gasteiger partial charge in [-0.25, -0.2) is 4.98 Å². The first-order chi connectivity index (χ1) is 8.00. The van der Waals surface area contributed by atoms with Crippen molar-refractivity contribution >= 4 is 11.7 Å². The topological polar surface area (TPSA) is 68.5 Å². The number of pyridine rings is 1. The van der Waals surface area contributed by atoms with Crippen molar-refractivity contribution in [3.63, 3.8) is 0 Å². The molecule has 5 nitrogen and oxygen atoms in total. The number of nitrogens with two attached hydrogens (primary N) is 1. The normalized spacial score (nSPS) is 10.1. The van der Waals surface area contributed by atoms with Crippen LogP contribution in [0.3, 0.4) is 0 Å². The Balaban J connectivity index is 2.34. The summed E-state index contributed by atoms with van der Waals surface area (Å²) in [4.78, 5) is 17.0. The number of nitrogens with zero attached hydrogens (tertiary/aromatic N) is 2. The smallest absolute Gasteiger partial charge is 0.222 e. The lowest BCUT2D eigenvalue weighted by molar-refractivity contribution is -0.128. The molecule has 0 saturated carbocycles. The Bertz CT molecular complexity index is 391. The van der Waals surface area contributed by atoms with Crippen LogP contribution in [0.1, 0.15) is 18.5 Å². The van der Waals surface area contributed by atoms with Gasteiger partial charge in [0, 0.05) is 26.2 Å². The molecule has 0 unspecified atom stereocenters. The number of hydrogen-bond acceptors (Lipinski definition) is 4. The molecule has 1 rings (SSSR count). The first-order valence-corrected chi connectivity index (χ1v) is 5.57. The first-order valence-electron chi connectivity index (χ1n) is 5.57. The van der Waals surface area contributed by atoms with E-state index in [1.807, 2.05) is 13.0 Å². The van der Waals surface area contributed by atoms with Gasteiger partial charge >= 0.3 is 0 Å². The highest BCUT2D eigenvalue weighted by Gasteiger charge is 2.05. The molecule has 0 aliphatic carbocycles. The van der Waals surface area contributed by atoms with Crippen molar-refractivity contribution in [3.05, 3.63) is 17.8 Å². The zero-order valence-corrected chi connectivity index (χ0v) is 10.6. The van der Waals surface area contributed by atoms with E-state index < -0.39 is 0 Å². The van der Waals surface area contributed by atoms with E-state index in [2.05, 4.69) is 4.98 Å². The predicted molar refractivity (Wildman–Crippen MR) is 66.8 cm³/mol. The quantitative estimate of drug-likeness (QED) is 0.782. The molecule has 1 amide bonds. The fourth-order valence-corrected chi connectivity index (χ4v) is 1.32. The van der Waals surface area contributed by atoms with Crippen molar-refractivity contribution in [2.24, 2.45) is 0 Å². The second kappa shape index (κ2) is 6.08. The molecule has 0 spiro atoms. The Kier molecular flexibility index (Phi) is 4.75. The minimum Gasteiger partial charge on any atom is -0.490 e. The molecule has 1 aromatic heterocycles. The monoisotopic (exact) mass is 237 g/mol. The van der Waals surface area contributed by atoms with Crippen molar-refractivity contribution in [2.75, 3.05) is 26.4 Å². The van der Waals surface area contributed by atoms with Crippen molar-refractivity contribution in [1.29, 1.82) is 0 Å². The van der Waals surface area contributed by atoms with E-state index in [1.165, 1.54) is 0 Å². The molecule has 0 aliphatic heterocycles. The second-order valence-electron chi connectivity index (χ2n) is 4.08. The molecule has 2 N–H and O–H groups in total. The van der Waals surface area contributed by atoms with Crippen molar-refractivity contribution < 1.29 is 9.53 Å². The van der Waals surface area contributed by atoms with E-state index in [-0.39, 0.29) is 5.91 Å². The third-order valence-electron chi connectivity index (χ3n) is 2.32. The maximum atomic E-state index is 11.3. The number of carbonyl (C=O) groups is 1. The van der Waals surface area contributed by atoms with Crippen molar-refractivity contribution in [1.82, 2.24) is 9.88 Å². The van der Waals surface area contributed by atoms with E-state index in [4.69, 9.17) is 10.5 Å². The first kappa shape index (κ1) is 13.3. The van der Waals surface area contributed by atoms with Gasteiger partial charge in [-0.15, -0.1) is 0 Å². The summed E-state index contributed by atoms with van der Waals surface area (Å²) >= 11 is 0. The average molecular weight is 237 g/mol. The van der Waals surface area contributed by atoms with Crippen LogP contribution >= 0.6 is 0 Å². The van der Waals surface area contributed by atoms with Crippen molar-refractivity contribution in [3.8, 4) is 5.75 Å². The largest absolute Gasteiger partial charge is 0.490 e. The van der Waals surface area contributed by atoms with E-state index >= 15 is 0 Å². The SMILES string of the molecule is Cc1ccc(OCCCC(=O)N(C)C)c(N)n1. The highest BCUT2D eigenvalue weighted by Crippen LogP contribution is 2.18. The summed E-state index contributed by atoms with van der Waals surface area (Å²) in [6.45, 7) is 2.34. The molecule has 94 valence electrons. The zero-order valence-electron chi connectivity index (χ0n) is 10.6. The molecule has 1 aromatic rings. The predicted octanol–water partition coefficient (Wildman–Crippen LogP) is 1.22. The van der Waals surface area contributed by atoms with E-state index in [0.717, 1.165) is 5.69 Å². The molecule has 1 heterocycles. The summed E-state index contributed by atoms with van der Waals surface area (Å²) in [5.41, 5.74) is 6.56. The van der Waals surface area contributed by atoms with Crippen molar-refractivity contribution in [2.45, 2.75) is 19.8 Å². The van der Waals surface area contributed by atoms with E-state index in [1.54, 1.807) is 25.1 Å². The average Bonchev–Trinajstić information content (AvgIpc) is 2.26. The van der Waals surface area contributed by atoms with Crippen LogP contribution in [0.15, 0.2) is 12.1 Å². The molecule has 17 heavy (non-hydrogen) atoms. The van der Waals surface area contributed by atoms with Gasteiger partial charge < -0.3 is 15.4 Å². The van der Waals surface area contributed by atoms with Gasteiger partial charge in [-0.2, -0.15) is 0 Å². The molecule has 0 saturated heterocycles. The summed E-state index contributed by atoms with van der Waals surface area (Å²) < 4.78 is 5.46. The maximum absolute atomic E-state index is 11.3. The number of ether oxygens (including phenoxy) is 1. The van der Waals surface area contributed by atoms with Gasteiger partial charge in [0.15, 0.2) is 11.6 Å². The molecule has 0 atom stereocenters. The Labute approximate surface area is 102 Å². The number of nitrogen functional groups attached to an aromatic ring is 1. The molecule has 0 aliphatic rings. The van der Waals surface area contributed by atoms with Crippen LogP contribution in [-0.2, 0) is 4.79 Å². The molecular weight excluding hydrogens is 218 g/mol. The van der Waals surface area contributed by atoms with Crippen LogP contribution in [0.2, 0.25) is 0 Å². The number of hydrogen-bond donors (Lipinski definition) is 1. The third kappa shape index (κ3) is 4.30. The Hall–Kier alpha value is -1.78. The Morgan fingerprint density at radius 2 is 2.18 bits per heavy atom. The lowest BCUT2D eigenvalue weighted by Crippen LogP contribution is -2.21. The molecule has 0 aromatic carbocycles. The number of amides is 1. The van der Waals surface area contributed by atoms with Gasteiger partial charge in [0.1, 0.15) is 0 Å². The van der Waals surface area contributed by atoms with Crippen LogP contribution < -0.4 is 10.5 Å². The number of rotatable bonds is 5. The minimum absolute atomic E-state index is 0.101. The lowest BCUT2D eigenvalue weighted by atomic mass is 10.3. The van der Waals surface area contributed by atoms with Crippen LogP contribution in [0.5, 0.6) is 5.75 Å². The molecule has 0 fully saturated rings. The number of aryl methyl sites for hydroxylation is 1. The number of carbonyl (C=O) groups excluding carboxylic acids is 1. The Morgan fingerprint density at radius 1 is 1.47 bits per heavy atom. The van der Waals surface area contributed by atoms with Gasteiger partial charge in [-0.3, -0.25) is 4.79 Å². The zero-order chi connectivity index (χ0) is 12.8. The summed E-state index contributed by atoms with van der Waals surface area (Å²) in [7, 11) is 3.48. The fourth-order valence-electron chi connectivity index (χ4n) is 1.32. The van der Waals surface area contributed by atoms with E-state index in [9.17, 15) is 4.79 Å².